The number of hydrogen-bond acceptors (Lipinski definition) is 3. The van der Waals surface area contributed by atoms with Crippen LogP contribution < -0.4 is 5.32 Å². The van der Waals surface area contributed by atoms with Crippen LogP contribution in [0.5, 0.6) is 0 Å². The zero-order valence-corrected chi connectivity index (χ0v) is 12.8. The molecule has 4 nitrogen and oxygen atoms in total. The molecule has 0 aliphatic heterocycles. The van der Waals surface area contributed by atoms with Gasteiger partial charge in [-0.1, -0.05) is 61.5 Å². The Labute approximate surface area is 130 Å². The third-order valence-corrected chi connectivity index (χ3v) is 3.65. The van der Waals surface area contributed by atoms with Crippen molar-refractivity contribution in [1.29, 1.82) is 0 Å². The number of rotatable bonds is 6. The molecule has 2 aromatic carbocycles. The number of amides is 1. The SMILES string of the molecule is CC(C)C(CN=O)NC(=O)c1ccc(-c2ccccc2)cc1. The van der Waals surface area contributed by atoms with Gasteiger partial charge in [-0.2, -0.15) is 4.91 Å². The predicted octanol–water partition coefficient (Wildman–Crippen LogP) is 3.87. The number of nitrogens with one attached hydrogen (secondary N) is 1. The Bertz CT molecular complexity index is 621. The molecule has 0 saturated carbocycles. The molecule has 0 aliphatic carbocycles. The predicted molar refractivity (Wildman–Crippen MR) is 88.6 cm³/mol. The van der Waals surface area contributed by atoms with Crippen LogP contribution in [0.1, 0.15) is 24.2 Å². The van der Waals surface area contributed by atoms with Crippen molar-refractivity contribution in [1.82, 2.24) is 5.32 Å². The second-order valence-corrected chi connectivity index (χ2v) is 5.58. The molecule has 22 heavy (non-hydrogen) atoms. The number of nitroso groups, excluding NO2 is 1. The summed E-state index contributed by atoms with van der Waals surface area (Å²) in [4.78, 5) is 22.7. The number of carbonyl (C=O) groups excluding carboxylic acids is 1. The van der Waals surface area contributed by atoms with Gasteiger partial charge >= 0.3 is 0 Å². The summed E-state index contributed by atoms with van der Waals surface area (Å²) < 4.78 is 0. The van der Waals surface area contributed by atoms with Gasteiger partial charge < -0.3 is 5.32 Å². The van der Waals surface area contributed by atoms with Crippen LogP contribution >= 0.6 is 0 Å². The van der Waals surface area contributed by atoms with Gasteiger partial charge in [0.05, 0.1) is 6.04 Å². The molecule has 2 rings (SSSR count). The van der Waals surface area contributed by atoms with E-state index in [1.165, 1.54) is 0 Å². The van der Waals surface area contributed by atoms with Crippen LogP contribution in [-0.4, -0.2) is 18.5 Å². The van der Waals surface area contributed by atoms with Crippen molar-refractivity contribution >= 4 is 5.91 Å². The van der Waals surface area contributed by atoms with Gasteiger partial charge in [0.15, 0.2) is 0 Å². The summed E-state index contributed by atoms with van der Waals surface area (Å²) in [6, 6.07) is 17.2. The molecule has 1 N–H and O–H groups in total. The van der Waals surface area contributed by atoms with E-state index in [-0.39, 0.29) is 24.4 Å². The second kappa shape index (κ2) is 7.50. The smallest absolute Gasteiger partial charge is 0.251 e. The zero-order valence-electron chi connectivity index (χ0n) is 12.8. The first-order valence-corrected chi connectivity index (χ1v) is 7.37. The van der Waals surface area contributed by atoms with Gasteiger partial charge in [0.25, 0.3) is 5.91 Å². The van der Waals surface area contributed by atoms with E-state index in [0.717, 1.165) is 11.1 Å². The molecule has 0 aromatic heterocycles. The van der Waals surface area contributed by atoms with Gasteiger partial charge in [-0.15, -0.1) is 0 Å². The molecular weight excluding hydrogens is 276 g/mol. The first kappa shape index (κ1) is 15.9. The molecule has 0 aliphatic rings. The van der Waals surface area contributed by atoms with Crippen LogP contribution in [0.3, 0.4) is 0 Å². The van der Waals surface area contributed by atoms with E-state index in [9.17, 15) is 9.70 Å². The number of benzene rings is 2. The third kappa shape index (κ3) is 4.01. The normalized spacial score (nSPS) is 12.0. The minimum atomic E-state index is -0.237. The summed E-state index contributed by atoms with van der Waals surface area (Å²) in [7, 11) is 0. The van der Waals surface area contributed by atoms with Crippen LogP contribution in [0, 0.1) is 10.8 Å². The maximum absolute atomic E-state index is 12.2. The van der Waals surface area contributed by atoms with E-state index in [4.69, 9.17) is 0 Å². The minimum Gasteiger partial charge on any atom is -0.347 e. The molecule has 0 fully saturated rings. The average Bonchev–Trinajstić information content (AvgIpc) is 2.55. The minimum absolute atomic E-state index is 0.0888. The summed E-state index contributed by atoms with van der Waals surface area (Å²) in [5.41, 5.74) is 2.75. The first-order chi connectivity index (χ1) is 10.6. The third-order valence-electron chi connectivity index (χ3n) is 3.65. The molecule has 1 atom stereocenters. The molecule has 1 amide bonds. The lowest BCUT2D eigenvalue weighted by molar-refractivity contribution is 0.0928. The molecule has 0 saturated heterocycles. The average molecular weight is 296 g/mol. The van der Waals surface area contributed by atoms with Gasteiger partial charge in [0.1, 0.15) is 6.54 Å². The van der Waals surface area contributed by atoms with E-state index < -0.39 is 0 Å². The lowest BCUT2D eigenvalue weighted by atomic mass is 10.0. The van der Waals surface area contributed by atoms with E-state index in [1.54, 1.807) is 12.1 Å². The highest BCUT2D eigenvalue weighted by atomic mass is 16.3. The Balaban J connectivity index is 2.09. The van der Waals surface area contributed by atoms with Crippen molar-refractivity contribution in [2.24, 2.45) is 11.1 Å². The highest BCUT2D eigenvalue weighted by Crippen LogP contribution is 2.19. The Morgan fingerprint density at radius 1 is 1.00 bits per heavy atom. The Morgan fingerprint density at radius 2 is 1.59 bits per heavy atom. The largest absolute Gasteiger partial charge is 0.347 e. The fraction of sp³-hybridized carbons (Fsp3) is 0.278. The van der Waals surface area contributed by atoms with Crippen LogP contribution in [0.25, 0.3) is 11.1 Å². The van der Waals surface area contributed by atoms with Crippen LogP contribution in [-0.2, 0) is 0 Å². The van der Waals surface area contributed by atoms with Crippen LogP contribution in [0.15, 0.2) is 59.8 Å². The highest BCUT2D eigenvalue weighted by Gasteiger charge is 2.17. The lowest BCUT2D eigenvalue weighted by Crippen LogP contribution is -2.40. The van der Waals surface area contributed by atoms with E-state index >= 15 is 0 Å². The highest BCUT2D eigenvalue weighted by molar-refractivity contribution is 5.94. The van der Waals surface area contributed by atoms with E-state index in [0.29, 0.717) is 5.56 Å². The van der Waals surface area contributed by atoms with Crippen molar-refractivity contribution < 1.29 is 4.79 Å². The quantitative estimate of drug-likeness (QED) is 0.822. The molecule has 0 radical (unpaired) electrons. The number of carbonyl (C=O) groups is 1. The maximum Gasteiger partial charge on any atom is 0.251 e. The van der Waals surface area contributed by atoms with E-state index in [1.807, 2.05) is 56.3 Å². The fourth-order valence-corrected chi connectivity index (χ4v) is 2.20. The van der Waals surface area contributed by atoms with Gasteiger partial charge in [0, 0.05) is 5.56 Å². The van der Waals surface area contributed by atoms with Crippen LogP contribution in [0.2, 0.25) is 0 Å². The molecule has 0 spiro atoms. The lowest BCUT2D eigenvalue weighted by Gasteiger charge is -2.19. The van der Waals surface area contributed by atoms with Crippen molar-refractivity contribution in [2.75, 3.05) is 6.54 Å². The summed E-state index contributed by atoms with van der Waals surface area (Å²) in [6.07, 6.45) is 0. The van der Waals surface area contributed by atoms with Crippen molar-refractivity contribution in [3.8, 4) is 11.1 Å². The topological polar surface area (TPSA) is 58.5 Å². The summed E-state index contributed by atoms with van der Waals surface area (Å²) >= 11 is 0. The molecule has 2 aromatic rings. The van der Waals surface area contributed by atoms with Gasteiger partial charge in [-0.25, -0.2) is 0 Å². The number of nitrogens with zero attached hydrogens (tertiary/aromatic N) is 1. The Morgan fingerprint density at radius 3 is 2.14 bits per heavy atom. The van der Waals surface area contributed by atoms with Crippen LogP contribution in [0.4, 0.5) is 0 Å². The van der Waals surface area contributed by atoms with Crippen molar-refractivity contribution in [3.63, 3.8) is 0 Å². The standard InChI is InChI=1S/C18H20N2O2/c1-13(2)17(12-19-22)20-18(21)16-10-8-15(9-11-16)14-6-4-3-5-7-14/h3-11,13,17H,12H2,1-2H3,(H,20,21). The molecular formula is C18H20N2O2. The van der Waals surface area contributed by atoms with E-state index in [2.05, 4.69) is 10.5 Å². The molecule has 114 valence electrons. The fourth-order valence-electron chi connectivity index (χ4n) is 2.20. The monoisotopic (exact) mass is 296 g/mol. The second-order valence-electron chi connectivity index (χ2n) is 5.58. The summed E-state index contributed by atoms with van der Waals surface area (Å²) in [5.74, 6) is -0.0211. The zero-order chi connectivity index (χ0) is 15.9. The molecule has 0 heterocycles. The Kier molecular flexibility index (Phi) is 5.42. The molecule has 0 bridgehead atoms. The summed E-state index contributed by atoms with van der Waals surface area (Å²) in [6.45, 7) is 3.99. The van der Waals surface area contributed by atoms with Gasteiger partial charge in [-0.3, -0.25) is 4.79 Å². The van der Waals surface area contributed by atoms with Crippen molar-refractivity contribution in [2.45, 2.75) is 19.9 Å². The molecule has 1 unspecified atom stereocenters. The number of hydrogen-bond donors (Lipinski definition) is 1. The van der Waals surface area contributed by atoms with Gasteiger partial charge in [0.2, 0.25) is 0 Å². The summed E-state index contributed by atoms with van der Waals surface area (Å²) in [5, 5.41) is 5.75. The Hall–Kier alpha value is -2.49. The van der Waals surface area contributed by atoms with Crippen molar-refractivity contribution in [3.05, 3.63) is 65.1 Å². The van der Waals surface area contributed by atoms with Gasteiger partial charge in [-0.05, 0) is 29.2 Å². The first-order valence-electron chi connectivity index (χ1n) is 7.37. The molecule has 4 heteroatoms. The maximum atomic E-state index is 12.2.